The van der Waals surface area contributed by atoms with Gasteiger partial charge < -0.3 is 10.2 Å². The zero-order valence-electron chi connectivity index (χ0n) is 12.8. The first-order chi connectivity index (χ1) is 9.13. The van der Waals surface area contributed by atoms with Crippen molar-refractivity contribution in [2.45, 2.75) is 57.5 Å². The van der Waals surface area contributed by atoms with E-state index in [9.17, 15) is 0 Å². The van der Waals surface area contributed by atoms with E-state index in [1.165, 1.54) is 36.9 Å². The van der Waals surface area contributed by atoms with Crippen molar-refractivity contribution in [3.05, 3.63) is 29.8 Å². The molecule has 0 aliphatic heterocycles. The van der Waals surface area contributed by atoms with E-state index in [4.69, 9.17) is 0 Å². The number of benzene rings is 1. The minimum Gasteiger partial charge on any atom is -0.371 e. The topological polar surface area (TPSA) is 15.3 Å². The summed E-state index contributed by atoms with van der Waals surface area (Å²) in [6, 6.07) is 10.3. The number of para-hydroxylation sites is 1. The third kappa shape index (κ3) is 3.30. The Morgan fingerprint density at radius 2 is 1.74 bits per heavy atom. The zero-order valence-corrected chi connectivity index (χ0v) is 12.8. The van der Waals surface area contributed by atoms with E-state index in [1.807, 2.05) is 0 Å². The van der Waals surface area contributed by atoms with Crippen LogP contribution in [-0.4, -0.2) is 26.2 Å². The molecule has 1 aromatic carbocycles. The van der Waals surface area contributed by atoms with Crippen LogP contribution in [0.15, 0.2) is 24.3 Å². The van der Waals surface area contributed by atoms with E-state index in [2.05, 4.69) is 62.4 Å². The standard InChI is InChI=1S/C17H28N2/c1-13(2)16-7-5-6-8-17(16)19(4)15-11-9-14(18-3)10-12-15/h5-8,13-15,18H,9-12H2,1-4H3. The highest BCUT2D eigenvalue weighted by molar-refractivity contribution is 5.55. The Hall–Kier alpha value is -1.02. The molecule has 19 heavy (non-hydrogen) atoms. The number of anilines is 1. The van der Waals surface area contributed by atoms with Crippen LogP contribution in [0.4, 0.5) is 5.69 Å². The van der Waals surface area contributed by atoms with Crippen molar-refractivity contribution in [1.29, 1.82) is 0 Å². The predicted octanol–water partition coefficient (Wildman–Crippen LogP) is 3.78. The number of hydrogen-bond acceptors (Lipinski definition) is 2. The summed E-state index contributed by atoms with van der Waals surface area (Å²) >= 11 is 0. The SMILES string of the molecule is CNC1CCC(N(C)c2ccccc2C(C)C)CC1. The molecule has 1 aromatic rings. The molecule has 2 nitrogen and oxygen atoms in total. The molecule has 0 spiro atoms. The van der Waals surface area contributed by atoms with Crippen molar-refractivity contribution in [3.8, 4) is 0 Å². The fourth-order valence-electron chi connectivity index (χ4n) is 3.25. The lowest BCUT2D eigenvalue weighted by Gasteiger charge is -2.37. The van der Waals surface area contributed by atoms with Crippen LogP contribution in [0.2, 0.25) is 0 Å². The molecule has 0 heterocycles. The molecule has 0 saturated heterocycles. The monoisotopic (exact) mass is 260 g/mol. The molecular formula is C17H28N2. The van der Waals surface area contributed by atoms with Gasteiger partial charge in [-0.05, 0) is 50.3 Å². The van der Waals surface area contributed by atoms with Gasteiger partial charge in [0.25, 0.3) is 0 Å². The summed E-state index contributed by atoms with van der Waals surface area (Å²) < 4.78 is 0. The van der Waals surface area contributed by atoms with Crippen LogP contribution >= 0.6 is 0 Å². The fraction of sp³-hybridized carbons (Fsp3) is 0.647. The maximum Gasteiger partial charge on any atom is 0.0401 e. The van der Waals surface area contributed by atoms with Gasteiger partial charge in [0.1, 0.15) is 0 Å². The van der Waals surface area contributed by atoms with Gasteiger partial charge in [0.2, 0.25) is 0 Å². The van der Waals surface area contributed by atoms with Gasteiger partial charge in [-0.25, -0.2) is 0 Å². The third-order valence-corrected chi connectivity index (χ3v) is 4.59. The van der Waals surface area contributed by atoms with Gasteiger partial charge in [0, 0.05) is 24.8 Å². The molecule has 0 atom stereocenters. The lowest BCUT2D eigenvalue weighted by Crippen LogP contribution is -2.40. The molecule has 1 aliphatic rings. The Bertz CT molecular complexity index is 392. The van der Waals surface area contributed by atoms with Crippen molar-refractivity contribution >= 4 is 5.69 Å². The van der Waals surface area contributed by atoms with Crippen LogP contribution in [-0.2, 0) is 0 Å². The van der Waals surface area contributed by atoms with E-state index in [0.29, 0.717) is 12.0 Å². The second kappa shape index (κ2) is 6.42. The van der Waals surface area contributed by atoms with Gasteiger partial charge in [0.05, 0.1) is 0 Å². The average molecular weight is 260 g/mol. The van der Waals surface area contributed by atoms with E-state index in [0.717, 1.165) is 6.04 Å². The van der Waals surface area contributed by atoms with Crippen molar-refractivity contribution in [2.24, 2.45) is 0 Å². The first-order valence-electron chi connectivity index (χ1n) is 7.62. The molecule has 1 fully saturated rings. The van der Waals surface area contributed by atoms with Crippen LogP contribution in [0.1, 0.15) is 51.0 Å². The minimum absolute atomic E-state index is 0.590. The lowest BCUT2D eigenvalue weighted by molar-refractivity contribution is 0.351. The molecule has 1 saturated carbocycles. The van der Waals surface area contributed by atoms with Crippen LogP contribution in [0.25, 0.3) is 0 Å². The zero-order chi connectivity index (χ0) is 13.8. The van der Waals surface area contributed by atoms with Crippen LogP contribution in [0, 0.1) is 0 Å². The number of nitrogens with zero attached hydrogens (tertiary/aromatic N) is 1. The van der Waals surface area contributed by atoms with Gasteiger partial charge in [-0.1, -0.05) is 32.0 Å². The third-order valence-electron chi connectivity index (χ3n) is 4.59. The quantitative estimate of drug-likeness (QED) is 0.886. The van der Waals surface area contributed by atoms with Gasteiger partial charge in [-0.2, -0.15) is 0 Å². The molecule has 1 aliphatic carbocycles. The largest absolute Gasteiger partial charge is 0.371 e. The molecule has 0 unspecified atom stereocenters. The summed E-state index contributed by atoms with van der Waals surface area (Å²) in [5.74, 6) is 0.590. The molecule has 0 aromatic heterocycles. The number of nitrogens with one attached hydrogen (secondary N) is 1. The summed E-state index contributed by atoms with van der Waals surface area (Å²) in [5.41, 5.74) is 2.89. The average Bonchev–Trinajstić information content (AvgIpc) is 2.46. The minimum atomic E-state index is 0.590. The molecule has 2 rings (SSSR count). The van der Waals surface area contributed by atoms with Crippen LogP contribution in [0.5, 0.6) is 0 Å². The molecule has 2 heteroatoms. The maximum atomic E-state index is 3.41. The first-order valence-corrected chi connectivity index (χ1v) is 7.62. The van der Waals surface area contributed by atoms with Crippen molar-refractivity contribution < 1.29 is 0 Å². The highest BCUT2D eigenvalue weighted by atomic mass is 15.1. The molecule has 0 amide bonds. The smallest absolute Gasteiger partial charge is 0.0401 e. The van der Waals surface area contributed by atoms with Crippen molar-refractivity contribution in [3.63, 3.8) is 0 Å². The van der Waals surface area contributed by atoms with E-state index in [-0.39, 0.29) is 0 Å². The Morgan fingerprint density at radius 1 is 1.11 bits per heavy atom. The Morgan fingerprint density at radius 3 is 2.32 bits per heavy atom. The molecule has 1 N–H and O–H groups in total. The first kappa shape index (κ1) is 14.4. The van der Waals surface area contributed by atoms with Gasteiger partial charge in [-0.15, -0.1) is 0 Å². The molecule has 106 valence electrons. The highest BCUT2D eigenvalue weighted by Gasteiger charge is 2.24. The number of hydrogen-bond donors (Lipinski definition) is 1. The van der Waals surface area contributed by atoms with Crippen LogP contribution in [0.3, 0.4) is 0 Å². The molecule has 0 radical (unpaired) electrons. The second-order valence-electron chi connectivity index (χ2n) is 6.12. The van der Waals surface area contributed by atoms with E-state index in [1.54, 1.807) is 0 Å². The van der Waals surface area contributed by atoms with E-state index < -0.39 is 0 Å². The summed E-state index contributed by atoms with van der Waals surface area (Å²) in [7, 11) is 4.36. The lowest BCUT2D eigenvalue weighted by atomic mass is 9.89. The maximum absolute atomic E-state index is 3.41. The van der Waals surface area contributed by atoms with Crippen LogP contribution < -0.4 is 10.2 Å². The van der Waals surface area contributed by atoms with Gasteiger partial charge in [-0.3, -0.25) is 0 Å². The fourth-order valence-corrected chi connectivity index (χ4v) is 3.25. The Kier molecular flexibility index (Phi) is 4.87. The highest BCUT2D eigenvalue weighted by Crippen LogP contribution is 2.31. The predicted molar refractivity (Wildman–Crippen MR) is 84.0 cm³/mol. The van der Waals surface area contributed by atoms with Gasteiger partial charge in [0.15, 0.2) is 0 Å². The Labute approximate surface area is 118 Å². The normalized spacial score (nSPS) is 23.6. The summed E-state index contributed by atoms with van der Waals surface area (Å²) in [6.07, 6.45) is 5.20. The van der Waals surface area contributed by atoms with Crippen molar-refractivity contribution in [1.82, 2.24) is 5.32 Å². The summed E-state index contributed by atoms with van der Waals surface area (Å²) in [4.78, 5) is 2.52. The second-order valence-corrected chi connectivity index (χ2v) is 6.12. The Balaban J connectivity index is 2.10. The molecular weight excluding hydrogens is 232 g/mol. The van der Waals surface area contributed by atoms with E-state index >= 15 is 0 Å². The van der Waals surface area contributed by atoms with Gasteiger partial charge >= 0.3 is 0 Å². The number of rotatable bonds is 4. The molecule has 0 bridgehead atoms. The van der Waals surface area contributed by atoms with Crippen molar-refractivity contribution in [2.75, 3.05) is 19.0 Å². The summed E-state index contributed by atoms with van der Waals surface area (Å²) in [6.45, 7) is 4.56. The summed E-state index contributed by atoms with van der Waals surface area (Å²) in [5, 5.41) is 3.41.